The number of hydrogen-bond acceptors (Lipinski definition) is 6. The lowest BCUT2D eigenvalue weighted by molar-refractivity contribution is -0.385. The van der Waals surface area contributed by atoms with E-state index in [4.69, 9.17) is 25.8 Å². The summed E-state index contributed by atoms with van der Waals surface area (Å²) in [5.41, 5.74) is 1.61. The molecule has 0 bridgehead atoms. The summed E-state index contributed by atoms with van der Waals surface area (Å²) in [5.74, 6) is -0.134. The Morgan fingerprint density at radius 3 is 2.96 bits per heavy atom. The highest BCUT2D eigenvalue weighted by atomic mass is 35.5. The molecule has 2 aromatic rings. The normalized spacial score (nSPS) is 13.1. The Labute approximate surface area is 153 Å². The standard InChI is InChI=1S/C18H14ClNO6/c19-15-3-1-2-12(6-15)4-5-17(21)25-10-14-8-16(20(22)23)7-13-9-24-11-26-18(13)14/h1-8H,9-11H2. The Bertz CT molecular complexity index is 880. The van der Waals surface area contributed by atoms with E-state index in [0.717, 1.165) is 5.56 Å². The van der Waals surface area contributed by atoms with Crippen LogP contribution >= 0.6 is 11.6 Å². The predicted molar refractivity (Wildman–Crippen MR) is 93.7 cm³/mol. The maximum atomic E-state index is 11.9. The zero-order chi connectivity index (χ0) is 18.5. The van der Waals surface area contributed by atoms with E-state index in [1.54, 1.807) is 30.3 Å². The van der Waals surface area contributed by atoms with Crippen molar-refractivity contribution in [2.45, 2.75) is 13.2 Å². The van der Waals surface area contributed by atoms with Gasteiger partial charge in [0.2, 0.25) is 0 Å². The highest BCUT2D eigenvalue weighted by molar-refractivity contribution is 6.30. The summed E-state index contributed by atoms with van der Waals surface area (Å²) in [4.78, 5) is 22.5. The van der Waals surface area contributed by atoms with Gasteiger partial charge in [0.15, 0.2) is 6.79 Å². The molecule has 3 rings (SSSR count). The van der Waals surface area contributed by atoms with Crippen LogP contribution in [0.1, 0.15) is 16.7 Å². The molecule has 0 saturated carbocycles. The fraction of sp³-hybridized carbons (Fsp3) is 0.167. The number of fused-ring (bicyclic) bond motifs is 1. The van der Waals surface area contributed by atoms with Gasteiger partial charge in [-0.1, -0.05) is 23.7 Å². The molecular weight excluding hydrogens is 362 g/mol. The molecule has 0 aliphatic carbocycles. The van der Waals surface area contributed by atoms with Crippen molar-refractivity contribution >= 4 is 29.3 Å². The van der Waals surface area contributed by atoms with Gasteiger partial charge in [0.25, 0.3) is 5.69 Å². The van der Waals surface area contributed by atoms with Crippen LogP contribution in [-0.2, 0) is 27.5 Å². The van der Waals surface area contributed by atoms with Gasteiger partial charge in [0.1, 0.15) is 12.4 Å². The second-order valence-electron chi connectivity index (χ2n) is 5.46. The van der Waals surface area contributed by atoms with Gasteiger partial charge < -0.3 is 14.2 Å². The van der Waals surface area contributed by atoms with Gasteiger partial charge in [-0.3, -0.25) is 10.1 Å². The van der Waals surface area contributed by atoms with Crippen LogP contribution in [0.2, 0.25) is 5.02 Å². The molecule has 134 valence electrons. The minimum absolute atomic E-state index is 0.0421. The number of carbonyl (C=O) groups is 1. The maximum absolute atomic E-state index is 11.9. The van der Waals surface area contributed by atoms with Gasteiger partial charge in [-0.2, -0.15) is 0 Å². The molecule has 0 radical (unpaired) electrons. The molecule has 0 spiro atoms. The molecule has 26 heavy (non-hydrogen) atoms. The van der Waals surface area contributed by atoms with Gasteiger partial charge in [0, 0.05) is 34.4 Å². The van der Waals surface area contributed by atoms with Gasteiger partial charge in [-0.05, 0) is 23.8 Å². The summed E-state index contributed by atoms with van der Waals surface area (Å²) in [7, 11) is 0. The second-order valence-corrected chi connectivity index (χ2v) is 5.89. The summed E-state index contributed by atoms with van der Waals surface area (Å²) in [5, 5.41) is 11.6. The van der Waals surface area contributed by atoms with Gasteiger partial charge in [-0.15, -0.1) is 0 Å². The number of hydrogen-bond donors (Lipinski definition) is 0. The molecule has 0 fully saturated rings. The van der Waals surface area contributed by atoms with Crippen molar-refractivity contribution < 1.29 is 23.9 Å². The van der Waals surface area contributed by atoms with E-state index in [2.05, 4.69) is 0 Å². The van der Waals surface area contributed by atoms with Crippen LogP contribution < -0.4 is 4.74 Å². The number of halogens is 1. The third kappa shape index (κ3) is 4.38. The van der Waals surface area contributed by atoms with Crippen LogP contribution in [0, 0.1) is 10.1 Å². The van der Waals surface area contributed by atoms with Crippen LogP contribution in [0.15, 0.2) is 42.5 Å². The number of non-ortho nitro benzene ring substituents is 1. The molecular formula is C18H14ClNO6. The molecule has 8 heteroatoms. The van der Waals surface area contributed by atoms with E-state index >= 15 is 0 Å². The molecule has 2 aromatic carbocycles. The summed E-state index contributed by atoms with van der Waals surface area (Å²) in [6.07, 6.45) is 2.83. The molecule has 0 N–H and O–H groups in total. The van der Waals surface area contributed by atoms with Crippen LogP contribution in [0.25, 0.3) is 6.08 Å². The van der Waals surface area contributed by atoms with Crippen molar-refractivity contribution in [2.24, 2.45) is 0 Å². The van der Waals surface area contributed by atoms with Crippen molar-refractivity contribution in [2.75, 3.05) is 6.79 Å². The molecule has 0 aromatic heterocycles. The lowest BCUT2D eigenvalue weighted by Crippen LogP contribution is -2.14. The summed E-state index contributed by atoms with van der Waals surface area (Å²) < 4.78 is 15.7. The number of ether oxygens (including phenoxy) is 3. The number of esters is 1. The smallest absolute Gasteiger partial charge is 0.331 e. The van der Waals surface area contributed by atoms with Crippen LogP contribution in [0.4, 0.5) is 5.69 Å². The van der Waals surface area contributed by atoms with E-state index in [1.165, 1.54) is 18.2 Å². The predicted octanol–water partition coefficient (Wildman–Crippen LogP) is 3.87. The second kappa shape index (κ2) is 7.99. The Morgan fingerprint density at radius 2 is 2.19 bits per heavy atom. The fourth-order valence-electron chi connectivity index (χ4n) is 2.46. The van der Waals surface area contributed by atoms with Crippen molar-refractivity contribution in [3.63, 3.8) is 0 Å². The van der Waals surface area contributed by atoms with Crippen LogP contribution in [0.5, 0.6) is 5.75 Å². The highest BCUT2D eigenvalue weighted by Crippen LogP contribution is 2.33. The molecule has 1 heterocycles. The monoisotopic (exact) mass is 375 g/mol. The lowest BCUT2D eigenvalue weighted by atomic mass is 10.1. The van der Waals surface area contributed by atoms with Gasteiger partial charge >= 0.3 is 5.97 Å². The first kappa shape index (κ1) is 17.9. The molecule has 0 amide bonds. The molecule has 7 nitrogen and oxygen atoms in total. The van der Waals surface area contributed by atoms with E-state index in [0.29, 0.717) is 21.9 Å². The minimum Gasteiger partial charge on any atom is -0.467 e. The average molecular weight is 376 g/mol. The number of nitrogens with zero attached hydrogens (tertiary/aromatic N) is 1. The molecule has 1 aliphatic heterocycles. The Balaban J connectivity index is 1.71. The number of nitro benzene ring substituents is 1. The Hall–Kier alpha value is -2.90. The van der Waals surface area contributed by atoms with Crippen molar-refractivity contribution in [1.82, 2.24) is 0 Å². The SMILES string of the molecule is O=C(C=Cc1cccc(Cl)c1)OCc1cc([N+](=O)[O-])cc2c1OCOC2. The first-order valence-electron chi connectivity index (χ1n) is 7.64. The fourth-order valence-corrected chi connectivity index (χ4v) is 2.66. The van der Waals surface area contributed by atoms with Crippen LogP contribution in [-0.4, -0.2) is 17.7 Å². The Morgan fingerprint density at radius 1 is 1.35 bits per heavy atom. The summed E-state index contributed by atoms with van der Waals surface area (Å²) >= 11 is 5.88. The first-order valence-corrected chi connectivity index (χ1v) is 8.02. The molecule has 0 saturated heterocycles. The van der Waals surface area contributed by atoms with Crippen molar-refractivity contribution in [1.29, 1.82) is 0 Å². The molecule has 0 atom stereocenters. The molecule has 0 unspecified atom stereocenters. The van der Waals surface area contributed by atoms with E-state index in [-0.39, 0.29) is 25.7 Å². The maximum Gasteiger partial charge on any atom is 0.331 e. The number of carbonyl (C=O) groups excluding carboxylic acids is 1. The molecule has 1 aliphatic rings. The topological polar surface area (TPSA) is 87.9 Å². The quantitative estimate of drug-likeness (QED) is 0.341. The number of benzene rings is 2. The Kier molecular flexibility index (Phi) is 5.50. The lowest BCUT2D eigenvalue weighted by Gasteiger charge is -2.20. The number of nitro groups is 1. The zero-order valence-electron chi connectivity index (χ0n) is 13.5. The summed E-state index contributed by atoms with van der Waals surface area (Å²) in [6.45, 7) is 0.0930. The van der Waals surface area contributed by atoms with Gasteiger partial charge in [0.05, 0.1) is 11.5 Å². The van der Waals surface area contributed by atoms with E-state index in [1.807, 2.05) is 0 Å². The van der Waals surface area contributed by atoms with Crippen molar-refractivity contribution in [3.05, 3.63) is 74.3 Å². The highest BCUT2D eigenvalue weighted by Gasteiger charge is 2.21. The summed E-state index contributed by atoms with van der Waals surface area (Å²) in [6, 6.07) is 9.71. The third-order valence-electron chi connectivity index (χ3n) is 3.61. The first-order chi connectivity index (χ1) is 12.5. The minimum atomic E-state index is -0.586. The van der Waals surface area contributed by atoms with Crippen LogP contribution in [0.3, 0.4) is 0 Å². The number of rotatable bonds is 5. The van der Waals surface area contributed by atoms with Crippen molar-refractivity contribution in [3.8, 4) is 5.75 Å². The largest absolute Gasteiger partial charge is 0.467 e. The average Bonchev–Trinajstić information content (AvgIpc) is 2.64. The zero-order valence-corrected chi connectivity index (χ0v) is 14.3. The third-order valence-corrected chi connectivity index (χ3v) is 3.85. The van der Waals surface area contributed by atoms with E-state index < -0.39 is 10.9 Å². The van der Waals surface area contributed by atoms with Gasteiger partial charge in [-0.25, -0.2) is 4.79 Å². The van der Waals surface area contributed by atoms with E-state index in [9.17, 15) is 14.9 Å².